The number of hydrogen-bond acceptors (Lipinski definition) is 5. The van der Waals surface area contributed by atoms with Crippen LogP contribution in [0.3, 0.4) is 0 Å². The van der Waals surface area contributed by atoms with Crippen molar-refractivity contribution in [2.75, 3.05) is 19.8 Å². The number of benzene rings is 1. The van der Waals surface area contributed by atoms with E-state index in [1.54, 1.807) is 17.0 Å². The molecule has 0 saturated carbocycles. The number of halogens is 1. The molecule has 7 heteroatoms. The van der Waals surface area contributed by atoms with Crippen LogP contribution in [0.25, 0.3) is 0 Å². The molecule has 2 aromatic rings. The second-order valence-electron chi connectivity index (χ2n) is 5.21. The van der Waals surface area contributed by atoms with Gasteiger partial charge in [0.25, 0.3) is 5.91 Å². The number of carbonyl (C=O) groups is 1. The minimum Gasteiger partial charge on any atom is -0.377 e. The summed E-state index contributed by atoms with van der Waals surface area (Å²) >= 11 is 7.55. The highest BCUT2D eigenvalue weighted by molar-refractivity contribution is 7.99. The molecule has 2 heterocycles. The Hall–Kier alpha value is -1.63. The van der Waals surface area contributed by atoms with Crippen LogP contribution >= 0.6 is 23.4 Å². The summed E-state index contributed by atoms with van der Waals surface area (Å²) in [7, 11) is 0. The van der Waals surface area contributed by atoms with Crippen LogP contribution in [0, 0.1) is 0 Å². The average Bonchev–Trinajstić information content (AvgIpc) is 2.57. The van der Waals surface area contributed by atoms with E-state index < -0.39 is 0 Å². The molecule has 3 rings (SSSR count). The van der Waals surface area contributed by atoms with Gasteiger partial charge in [-0.3, -0.25) is 4.79 Å². The van der Waals surface area contributed by atoms with Gasteiger partial charge in [0.2, 0.25) is 0 Å². The molecule has 1 atom stereocenters. The van der Waals surface area contributed by atoms with Gasteiger partial charge in [0, 0.05) is 11.4 Å². The van der Waals surface area contributed by atoms with Crippen molar-refractivity contribution in [3.8, 4) is 0 Å². The minimum absolute atomic E-state index is 0.0511. The minimum atomic E-state index is -0.109. The Morgan fingerprint density at radius 3 is 2.83 bits per heavy atom. The van der Waals surface area contributed by atoms with Crippen molar-refractivity contribution in [2.24, 2.45) is 0 Å². The number of aromatic nitrogens is 2. The zero-order chi connectivity index (χ0) is 16.2. The normalized spacial score (nSPS) is 18.0. The smallest absolute Gasteiger partial charge is 0.274 e. The molecular weight excluding hydrogens is 334 g/mol. The monoisotopic (exact) mass is 349 g/mol. The van der Waals surface area contributed by atoms with Crippen molar-refractivity contribution in [1.82, 2.24) is 15.1 Å². The van der Waals surface area contributed by atoms with E-state index in [0.717, 1.165) is 4.90 Å². The van der Waals surface area contributed by atoms with E-state index in [9.17, 15) is 4.79 Å². The summed E-state index contributed by atoms with van der Waals surface area (Å²) in [5.41, 5.74) is 0.349. The van der Waals surface area contributed by atoms with Crippen LogP contribution in [0.15, 0.2) is 46.3 Å². The molecule has 120 valence electrons. The first-order chi connectivity index (χ1) is 11.1. The molecule has 1 aliphatic heterocycles. The topological polar surface area (TPSA) is 55.3 Å². The van der Waals surface area contributed by atoms with Crippen LogP contribution in [0.2, 0.25) is 5.02 Å². The molecule has 0 spiro atoms. The SMILES string of the molecule is C[C@H]1COCCN1C(=O)c1ccc(Sc2ccccc2Cl)nn1. The van der Waals surface area contributed by atoms with E-state index in [0.29, 0.717) is 35.5 Å². The third-order valence-corrected chi connectivity index (χ3v) is 4.98. The first-order valence-corrected chi connectivity index (χ1v) is 8.49. The second kappa shape index (κ2) is 7.29. The second-order valence-corrected chi connectivity index (χ2v) is 6.68. The van der Waals surface area contributed by atoms with Crippen LogP contribution in [-0.2, 0) is 4.74 Å². The molecule has 0 radical (unpaired) electrons. The van der Waals surface area contributed by atoms with E-state index in [-0.39, 0.29) is 11.9 Å². The maximum absolute atomic E-state index is 12.5. The number of amides is 1. The van der Waals surface area contributed by atoms with Crippen molar-refractivity contribution in [3.63, 3.8) is 0 Å². The van der Waals surface area contributed by atoms with E-state index >= 15 is 0 Å². The predicted octanol–water partition coefficient (Wildman–Crippen LogP) is 3.14. The number of nitrogens with zero attached hydrogens (tertiary/aromatic N) is 3. The van der Waals surface area contributed by atoms with Gasteiger partial charge in [-0.1, -0.05) is 35.5 Å². The van der Waals surface area contributed by atoms with Crippen molar-refractivity contribution < 1.29 is 9.53 Å². The van der Waals surface area contributed by atoms with Crippen LogP contribution in [-0.4, -0.2) is 46.8 Å². The van der Waals surface area contributed by atoms with Crippen LogP contribution in [0.1, 0.15) is 17.4 Å². The fraction of sp³-hybridized carbons (Fsp3) is 0.312. The molecule has 0 N–H and O–H groups in total. The van der Waals surface area contributed by atoms with Crippen molar-refractivity contribution >= 4 is 29.3 Å². The lowest BCUT2D eigenvalue weighted by atomic mass is 10.2. The van der Waals surface area contributed by atoms with E-state index in [4.69, 9.17) is 16.3 Å². The highest BCUT2D eigenvalue weighted by Crippen LogP contribution is 2.31. The summed E-state index contributed by atoms with van der Waals surface area (Å²) in [6, 6.07) is 11.1. The van der Waals surface area contributed by atoms with E-state index in [1.807, 2.05) is 31.2 Å². The third kappa shape index (κ3) is 3.83. The standard InChI is InChI=1S/C16H16ClN3O2S/c1-11-10-22-9-8-20(11)16(21)13-6-7-15(19-18-13)23-14-5-3-2-4-12(14)17/h2-7,11H,8-10H2,1H3/t11-/m0/s1. The zero-order valence-electron chi connectivity index (χ0n) is 12.6. The summed E-state index contributed by atoms with van der Waals surface area (Å²) < 4.78 is 5.35. The highest BCUT2D eigenvalue weighted by atomic mass is 35.5. The molecular formula is C16H16ClN3O2S. The van der Waals surface area contributed by atoms with Crippen LogP contribution < -0.4 is 0 Å². The Morgan fingerprint density at radius 2 is 2.13 bits per heavy atom. The van der Waals surface area contributed by atoms with Crippen LogP contribution in [0.5, 0.6) is 0 Å². The highest BCUT2D eigenvalue weighted by Gasteiger charge is 2.25. The average molecular weight is 350 g/mol. The van der Waals surface area contributed by atoms with Gasteiger partial charge in [0.1, 0.15) is 5.03 Å². The summed E-state index contributed by atoms with van der Waals surface area (Å²) in [5.74, 6) is -0.109. The van der Waals surface area contributed by atoms with Gasteiger partial charge in [0.15, 0.2) is 5.69 Å². The van der Waals surface area contributed by atoms with Gasteiger partial charge in [0.05, 0.1) is 24.3 Å². The summed E-state index contributed by atoms with van der Waals surface area (Å²) in [4.78, 5) is 15.2. The summed E-state index contributed by atoms with van der Waals surface area (Å²) in [6.45, 7) is 3.66. The lowest BCUT2D eigenvalue weighted by Crippen LogP contribution is -2.47. The Kier molecular flexibility index (Phi) is 5.15. The Bertz CT molecular complexity index is 696. The molecule has 1 aromatic carbocycles. The largest absolute Gasteiger partial charge is 0.377 e. The van der Waals surface area contributed by atoms with Gasteiger partial charge in [-0.2, -0.15) is 0 Å². The number of carbonyl (C=O) groups excluding carboxylic acids is 1. The first kappa shape index (κ1) is 16.2. The molecule has 23 heavy (non-hydrogen) atoms. The van der Waals surface area contributed by atoms with Crippen molar-refractivity contribution in [3.05, 3.63) is 47.1 Å². The molecule has 0 bridgehead atoms. The van der Waals surface area contributed by atoms with Gasteiger partial charge in [-0.05, 0) is 31.2 Å². The molecule has 1 saturated heterocycles. The van der Waals surface area contributed by atoms with Crippen molar-refractivity contribution in [1.29, 1.82) is 0 Å². The molecule has 1 amide bonds. The maximum atomic E-state index is 12.5. The molecule has 1 aromatic heterocycles. The zero-order valence-corrected chi connectivity index (χ0v) is 14.2. The lowest BCUT2D eigenvalue weighted by Gasteiger charge is -2.32. The maximum Gasteiger partial charge on any atom is 0.274 e. The lowest BCUT2D eigenvalue weighted by molar-refractivity contribution is 0.00319. The molecule has 0 aliphatic carbocycles. The van der Waals surface area contributed by atoms with Gasteiger partial charge in [-0.25, -0.2) is 0 Å². The summed E-state index contributed by atoms with van der Waals surface area (Å²) in [5, 5.41) is 9.57. The van der Waals surface area contributed by atoms with Gasteiger partial charge < -0.3 is 9.64 Å². The molecule has 1 aliphatic rings. The Balaban J connectivity index is 1.72. The third-order valence-electron chi connectivity index (χ3n) is 3.54. The number of morpholine rings is 1. The van der Waals surface area contributed by atoms with E-state index in [1.165, 1.54) is 11.8 Å². The van der Waals surface area contributed by atoms with E-state index in [2.05, 4.69) is 10.2 Å². The van der Waals surface area contributed by atoms with Crippen LogP contribution in [0.4, 0.5) is 0 Å². The summed E-state index contributed by atoms with van der Waals surface area (Å²) in [6.07, 6.45) is 0. The van der Waals surface area contributed by atoms with Gasteiger partial charge in [-0.15, -0.1) is 10.2 Å². The first-order valence-electron chi connectivity index (χ1n) is 7.30. The quantitative estimate of drug-likeness (QED) is 0.852. The molecule has 5 nitrogen and oxygen atoms in total. The van der Waals surface area contributed by atoms with Gasteiger partial charge >= 0.3 is 0 Å². The molecule has 1 fully saturated rings. The van der Waals surface area contributed by atoms with Crippen molar-refractivity contribution in [2.45, 2.75) is 22.9 Å². The number of hydrogen-bond donors (Lipinski definition) is 0. The predicted molar refractivity (Wildman–Crippen MR) is 88.9 cm³/mol. The fourth-order valence-corrected chi connectivity index (χ4v) is 3.31. The number of ether oxygens (including phenoxy) is 1. The molecule has 0 unspecified atom stereocenters. The number of rotatable bonds is 3. The fourth-order valence-electron chi connectivity index (χ4n) is 2.30. The Morgan fingerprint density at radius 1 is 1.30 bits per heavy atom. The Labute approximate surface area is 144 Å².